The van der Waals surface area contributed by atoms with Crippen LogP contribution in [0.3, 0.4) is 0 Å². The monoisotopic (exact) mass is 378 g/mol. The maximum atomic E-state index is 13.7. The van der Waals surface area contributed by atoms with Crippen LogP contribution in [-0.2, 0) is 16.1 Å². The van der Waals surface area contributed by atoms with Gasteiger partial charge in [-0.25, -0.2) is 8.78 Å². The second-order valence-corrected chi connectivity index (χ2v) is 6.33. The highest BCUT2D eigenvalue weighted by Gasteiger charge is 2.19. The summed E-state index contributed by atoms with van der Waals surface area (Å²) in [7, 11) is 0. The number of piperidine rings is 1. The van der Waals surface area contributed by atoms with Gasteiger partial charge < -0.3 is 14.7 Å². The Hall–Kier alpha value is -2.84. The molecule has 0 radical (unpaired) electrons. The van der Waals surface area contributed by atoms with E-state index in [0.29, 0.717) is 19.4 Å². The molecule has 7 nitrogen and oxygen atoms in total. The number of amides is 2. The molecule has 1 fully saturated rings. The minimum atomic E-state index is -0.804. The van der Waals surface area contributed by atoms with Crippen LogP contribution in [0.1, 0.15) is 37.9 Å². The van der Waals surface area contributed by atoms with Crippen molar-refractivity contribution in [1.82, 2.24) is 20.4 Å². The highest BCUT2D eigenvalue weighted by Crippen LogP contribution is 2.24. The van der Waals surface area contributed by atoms with E-state index in [4.69, 9.17) is 4.52 Å². The topological polar surface area (TPSA) is 88.3 Å². The molecule has 1 aliphatic rings. The van der Waals surface area contributed by atoms with E-state index in [2.05, 4.69) is 15.5 Å². The lowest BCUT2D eigenvalue weighted by molar-refractivity contribution is -0.133. The smallest absolute Gasteiger partial charge is 0.263 e. The molecule has 1 saturated heterocycles. The molecule has 0 atom stereocenters. The standard InChI is InChI=1S/C18H20F2N4O3/c19-12-5-3-6-13(20)17(12)18-22-14(23-27-18)11-21-15(25)7-4-10-24-9-2-1-8-16(24)26/h3,5-6H,1-2,4,7-11H2,(H,21,25). The molecule has 1 aliphatic heterocycles. The predicted molar refractivity (Wildman–Crippen MR) is 91.2 cm³/mol. The lowest BCUT2D eigenvalue weighted by Crippen LogP contribution is -2.36. The van der Waals surface area contributed by atoms with Crippen LogP contribution in [0.15, 0.2) is 22.7 Å². The van der Waals surface area contributed by atoms with Gasteiger partial charge in [-0.3, -0.25) is 9.59 Å². The quantitative estimate of drug-likeness (QED) is 0.799. The van der Waals surface area contributed by atoms with Crippen molar-refractivity contribution in [3.05, 3.63) is 35.7 Å². The van der Waals surface area contributed by atoms with Crippen molar-refractivity contribution in [3.63, 3.8) is 0 Å². The molecule has 2 heterocycles. The third-order valence-corrected chi connectivity index (χ3v) is 4.34. The molecule has 9 heteroatoms. The Morgan fingerprint density at radius 2 is 2.04 bits per heavy atom. The van der Waals surface area contributed by atoms with Crippen LogP contribution in [0.25, 0.3) is 11.5 Å². The van der Waals surface area contributed by atoms with Crippen molar-refractivity contribution in [2.24, 2.45) is 0 Å². The van der Waals surface area contributed by atoms with Crippen molar-refractivity contribution in [3.8, 4) is 11.5 Å². The van der Waals surface area contributed by atoms with Gasteiger partial charge in [-0.1, -0.05) is 11.2 Å². The molecule has 144 valence electrons. The summed E-state index contributed by atoms with van der Waals surface area (Å²) in [4.78, 5) is 29.3. The third-order valence-electron chi connectivity index (χ3n) is 4.34. The van der Waals surface area contributed by atoms with Crippen molar-refractivity contribution in [1.29, 1.82) is 0 Å². The highest BCUT2D eigenvalue weighted by atomic mass is 19.1. The molecule has 1 aromatic heterocycles. The Labute approximate surface area is 154 Å². The van der Waals surface area contributed by atoms with Crippen molar-refractivity contribution < 1.29 is 22.9 Å². The van der Waals surface area contributed by atoms with E-state index >= 15 is 0 Å². The number of hydrogen-bond acceptors (Lipinski definition) is 5. The number of hydrogen-bond donors (Lipinski definition) is 1. The van der Waals surface area contributed by atoms with Gasteiger partial charge in [0.25, 0.3) is 5.89 Å². The van der Waals surface area contributed by atoms with E-state index in [0.717, 1.165) is 31.5 Å². The summed E-state index contributed by atoms with van der Waals surface area (Å²) >= 11 is 0. The summed E-state index contributed by atoms with van der Waals surface area (Å²) in [5.74, 6) is -1.85. The molecule has 0 unspecified atom stereocenters. The van der Waals surface area contributed by atoms with Gasteiger partial charge in [-0.15, -0.1) is 0 Å². The van der Waals surface area contributed by atoms with Gasteiger partial charge in [-0.2, -0.15) is 4.98 Å². The number of nitrogens with zero attached hydrogens (tertiary/aromatic N) is 3. The third kappa shape index (κ3) is 4.87. The summed E-state index contributed by atoms with van der Waals surface area (Å²) in [5.41, 5.74) is -0.395. The zero-order valence-corrected chi connectivity index (χ0v) is 14.7. The average molecular weight is 378 g/mol. The number of rotatable bonds is 7. The van der Waals surface area contributed by atoms with Crippen LogP contribution in [0.5, 0.6) is 0 Å². The number of likely N-dealkylation sites (tertiary alicyclic amines) is 1. The summed E-state index contributed by atoms with van der Waals surface area (Å²) in [6, 6.07) is 3.43. The number of carbonyl (C=O) groups excluding carboxylic acids is 2. The van der Waals surface area contributed by atoms with Crippen molar-refractivity contribution in [2.75, 3.05) is 13.1 Å². The fourth-order valence-corrected chi connectivity index (χ4v) is 2.92. The normalized spacial score (nSPS) is 14.4. The number of nitrogens with one attached hydrogen (secondary N) is 1. The first-order chi connectivity index (χ1) is 13.0. The Bertz CT molecular complexity index is 804. The van der Waals surface area contributed by atoms with Gasteiger partial charge in [0.2, 0.25) is 11.8 Å². The Kier molecular flexibility index (Phi) is 6.10. The minimum absolute atomic E-state index is 0.0128. The first kappa shape index (κ1) is 18.9. The molecule has 2 amide bonds. The summed E-state index contributed by atoms with van der Waals surface area (Å²) in [6.45, 7) is 1.30. The lowest BCUT2D eigenvalue weighted by Gasteiger charge is -2.26. The molecule has 0 saturated carbocycles. The van der Waals surface area contributed by atoms with Crippen LogP contribution >= 0.6 is 0 Å². The zero-order chi connectivity index (χ0) is 19.2. The SMILES string of the molecule is O=C(CCCN1CCCCC1=O)NCc1noc(-c2c(F)cccc2F)n1. The fourth-order valence-electron chi connectivity index (χ4n) is 2.92. The number of carbonyl (C=O) groups is 2. The maximum absolute atomic E-state index is 13.7. The van der Waals surface area contributed by atoms with Crippen molar-refractivity contribution in [2.45, 2.75) is 38.6 Å². The Balaban J connectivity index is 1.46. The van der Waals surface area contributed by atoms with Gasteiger partial charge in [0.1, 0.15) is 17.2 Å². The van der Waals surface area contributed by atoms with Crippen LogP contribution in [0, 0.1) is 11.6 Å². The Morgan fingerprint density at radius 3 is 2.78 bits per heavy atom. The predicted octanol–water partition coefficient (Wildman–Crippen LogP) is 2.42. The molecule has 1 aromatic carbocycles. The minimum Gasteiger partial charge on any atom is -0.349 e. The van der Waals surface area contributed by atoms with E-state index in [1.54, 1.807) is 4.90 Å². The molecule has 0 bridgehead atoms. The zero-order valence-electron chi connectivity index (χ0n) is 14.7. The van der Waals surface area contributed by atoms with Gasteiger partial charge in [0.05, 0.1) is 6.54 Å². The first-order valence-corrected chi connectivity index (χ1v) is 8.86. The number of benzene rings is 1. The van der Waals surface area contributed by atoms with Gasteiger partial charge in [-0.05, 0) is 31.4 Å². The summed E-state index contributed by atoms with van der Waals surface area (Å²) in [6.07, 6.45) is 3.33. The average Bonchev–Trinajstić information content (AvgIpc) is 3.10. The molecular formula is C18H20F2N4O3. The summed E-state index contributed by atoms with van der Waals surface area (Å²) in [5, 5.41) is 6.25. The van der Waals surface area contributed by atoms with Gasteiger partial charge in [0.15, 0.2) is 5.82 Å². The number of aromatic nitrogens is 2. The second kappa shape index (κ2) is 8.70. The summed E-state index contributed by atoms with van der Waals surface area (Å²) < 4.78 is 32.3. The molecule has 3 rings (SSSR count). The molecule has 1 N–H and O–H groups in total. The van der Waals surface area contributed by atoms with E-state index in [9.17, 15) is 18.4 Å². The van der Waals surface area contributed by atoms with Crippen LogP contribution < -0.4 is 5.32 Å². The fraction of sp³-hybridized carbons (Fsp3) is 0.444. The van der Waals surface area contributed by atoms with Crippen LogP contribution in [-0.4, -0.2) is 39.9 Å². The van der Waals surface area contributed by atoms with E-state index in [-0.39, 0.29) is 36.5 Å². The highest BCUT2D eigenvalue weighted by molar-refractivity contribution is 5.77. The maximum Gasteiger partial charge on any atom is 0.263 e. The number of halogens is 2. The van der Waals surface area contributed by atoms with Gasteiger partial charge >= 0.3 is 0 Å². The molecular weight excluding hydrogens is 358 g/mol. The molecule has 27 heavy (non-hydrogen) atoms. The van der Waals surface area contributed by atoms with Crippen LogP contribution in [0.2, 0.25) is 0 Å². The van der Waals surface area contributed by atoms with E-state index < -0.39 is 17.2 Å². The molecule has 0 aliphatic carbocycles. The lowest BCUT2D eigenvalue weighted by atomic mass is 10.1. The largest absolute Gasteiger partial charge is 0.349 e. The van der Waals surface area contributed by atoms with E-state index in [1.807, 2.05) is 0 Å². The van der Waals surface area contributed by atoms with E-state index in [1.165, 1.54) is 6.07 Å². The first-order valence-electron chi connectivity index (χ1n) is 8.86. The van der Waals surface area contributed by atoms with Crippen molar-refractivity contribution >= 4 is 11.8 Å². The van der Waals surface area contributed by atoms with Gasteiger partial charge in [0, 0.05) is 25.9 Å². The Morgan fingerprint density at radius 1 is 1.26 bits per heavy atom. The second-order valence-electron chi connectivity index (χ2n) is 6.33. The molecule has 0 spiro atoms. The van der Waals surface area contributed by atoms with Crippen LogP contribution in [0.4, 0.5) is 8.78 Å². The molecule has 2 aromatic rings.